The quantitative estimate of drug-likeness (QED) is 0.582. The second-order valence-electron chi connectivity index (χ2n) is 8.17. The molecule has 170 valence electrons. The number of nitrogens with one attached hydrogen (secondary N) is 2. The first kappa shape index (κ1) is 23.1. The lowest BCUT2D eigenvalue weighted by Gasteiger charge is -2.33. The van der Waals surface area contributed by atoms with Crippen molar-refractivity contribution < 1.29 is 13.2 Å². The third-order valence-corrected chi connectivity index (χ3v) is 7.75. The lowest BCUT2D eigenvalue weighted by molar-refractivity contribution is 0.0966. The molecule has 0 aliphatic carbocycles. The molecule has 3 aromatic rings. The Morgan fingerprint density at radius 3 is 2.53 bits per heavy atom. The molecule has 2 N–H and O–H groups in total. The molecule has 0 saturated carbocycles. The van der Waals surface area contributed by atoms with Gasteiger partial charge in [0.1, 0.15) is 0 Å². The Bertz CT molecular complexity index is 1300. The van der Waals surface area contributed by atoms with Gasteiger partial charge in [0.25, 0.3) is 5.91 Å². The highest BCUT2D eigenvalue weighted by Crippen LogP contribution is 2.34. The molecule has 1 saturated heterocycles. The number of benzene rings is 2. The van der Waals surface area contributed by atoms with Crippen molar-refractivity contribution in [2.45, 2.75) is 13.1 Å². The Morgan fingerprint density at radius 2 is 1.81 bits per heavy atom. The molecule has 1 aromatic heterocycles. The minimum Gasteiger partial charge on any atom is -0.355 e. The molecular formula is C22H24Cl2N4O3S. The number of hydrogen-bond donors (Lipinski definition) is 2. The third-order valence-electron chi connectivity index (χ3n) is 6.09. The molecule has 0 atom stereocenters. The van der Waals surface area contributed by atoms with Gasteiger partial charge in [0.15, 0.2) is 0 Å². The summed E-state index contributed by atoms with van der Waals surface area (Å²) >= 11 is 6.28. The number of rotatable bonds is 4. The number of sulfonamides is 1. The van der Waals surface area contributed by atoms with Crippen LogP contribution in [0.1, 0.15) is 21.5 Å². The Hall–Kier alpha value is -2.10. The third kappa shape index (κ3) is 4.25. The molecule has 0 unspecified atom stereocenters. The molecule has 0 bridgehead atoms. The zero-order valence-electron chi connectivity index (χ0n) is 17.5. The van der Waals surface area contributed by atoms with Gasteiger partial charge in [0.05, 0.1) is 11.8 Å². The molecule has 7 nitrogen and oxygen atoms in total. The first-order valence-electron chi connectivity index (χ1n) is 10.2. The number of nitrogens with zero attached hydrogens (tertiary/aromatic N) is 2. The maximum absolute atomic E-state index is 12.4. The van der Waals surface area contributed by atoms with Gasteiger partial charge in [-0.3, -0.25) is 9.69 Å². The maximum Gasteiger partial charge on any atom is 0.252 e. The number of carbonyl (C=O) groups excluding carboxylic acids is 1. The number of halogens is 2. The minimum atomic E-state index is -3.12. The summed E-state index contributed by atoms with van der Waals surface area (Å²) in [6.45, 7) is 3.72. The monoisotopic (exact) mass is 494 g/mol. The smallest absolute Gasteiger partial charge is 0.252 e. The highest BCUT2D eigenvalue weighted by molar-refractivity contribution is 7.88. The van der Waals surface area contributed by atoms with Crippen molar-refractivity contribution in [2.75, 3.05) is 32.4 Å². The molecule has 10 heteroatoms. The van der Waals surface area contributed by atoms with Crippen LogP contribution in [0.25, 0.3) is 22.2 Å². The summed E-state index contributed by atoms with van der Waals surface area (Å²) in [4.78, 5) is 18.1. The van der Waals surface area contributed by atoms with E-state index in [0.717, 1.165) is 47.4 Å². The Balaban J connectivity index is 0.00000245. The van der Waals surface area contributed by atoms with Crippen molar-refractivity contribution in [3.63, 3.8) is 0 Å². The predicted octanol–water partition coefficient (Wildman–Crippen LogP) is 3.23. The van der Waals surface area contributed by atoms with Crippen LogP contribution < -0.4 is 5.32 Å². The van der Waals surface area contributed by atoms with E-state index in [2.05, 4.69) is 39.5 Å². The topological polar surface area (TPSA) is 85.5 Å². The number of amides is 1. The molecule has 32 heavy (non-hydrogen) atoms. The van der Waals surface area contributed by atoms with E-state index >= 15 is 0 Å². The van der Waals surface area contributed by atoms with Crippen LogP contribution in [0.15, 0.2) is 36.4 Å². The number of H-pyrrole nitrogens is 1. The number of aromatic amines is 1. The van der Waals surface area contributed by atoms with Crippen LogP contribution in [0, 0.1) is 0 Å². The fourth-order valence-electron chi connectivity index (χ4n) is 4.44. The second kappa shape index (κ2) is 8.68. The molecule has 2 aromatic carbocycles. The molecular weight excluding hydrogens is 471 g/mol. The van der Waals surface area contributed by atoms with Crippen LogP contribution in [0.3, 0.4) is 0 Å². The second-order valence-corrected chi connectivity index (χ2v) is 10.6. The van der Waals surface area contributed by atoms with Crippen molar-refractivity contribution in [2.24, 2.45) is 0 Å². The van der Waals surface area contributed by atoms with Crippen LogP contribution in [-0.2, 0) is 23.1 Å². The van der Waals surface area contributed by atoms with Crippen LogP contribution >= 0.6 is 24.0 Å². The van der Waals surface area contributed by atoms with E-state index in [4.69, 9.17) is 11.6 Å². The number of fused-ring (bicyclic) bond motifs is 2. The zero-order chi connectivity index (χ0) is 21.8. The van der Waals surface area contributed by atoms with Crippen LogP contribution in [0.4, 0.5) is 0 Å². The fraction of sp³-hybridized carbons (Fsp3) is 0.318. The molecule has 2 aliphatic rings. The van der Waals surface area contributed by atoms with Gasteiger partial charge in [-0.15, -0.1) is 12.4 Å². The van der Waals surface area contributed by atoms with E-state index in [1.54, 1.807) is 0 Å². The van der Waals surface area contributed by atoms with Crippen molar-refractivity contribution >= 4 is 50.8 Å². The first-order valence-corrected chi connectivity index (χ1v) is 12.4. The number of hydrogen-bond acceptors (Lipinski definition) is 4. The van der Waals surface area contributed by atoms with Crippen LogP contribution in [0.2, 0.25) is 5.02 Å². The average molecular weight is 495 g/mol. The standard InChI is InChI=1S/C22H23ClN4O3S.ClH/c1-31(29,30)27-8-6-26(7-9-27)13-14-2-5-19-15(10-14)11-20(25-19)16-3-4-18(23)17-12-24-22(28)21(16)17;/h2-5,10-11,25H,6-9,12-13H2,1H3,(H,24,28);1H. The summed E-state index contributed by atoms with van der Waals surface area (Å²) in [5, 5.41) is 4.53. The van der Waals surface area contributed by atoms with Crippen molar-refractivity contribution in [1.82, 2.24) is 19.5 Å². The first-order chi connectivity index (χ1) is 14.8. The highest BCUT2D eigenvalue weighted by atomic mass is 35.5. The lowest BCUT2D eigenvalue weighted by Crippen LogP contribution is -2.47. The summed E-state index contributed by atoms with van der Waals surface area (Å²) in [7, 11) is -3.12. The molecule has 5 rings (SSSR count). The van der Waals surface area contributed by atoms with Gasteiger partial charge in [-0.2, -0.15) is 4.31 Å². The van der Waals surface area contributed by atoms with Crippen molar-refractivity contribution in [3.05, 3.63) is 58.1 Å². The summed E-state index contributed by atoms with van der Waals surface area (Å²) in [5.74, 6) is -0.0971. The van der Waals surface area contributed by atoms with Gasteiger partial charge in [-0.25, -0.2) is 8.42 Å². The van der Waals surface area contributed by atoms with Gasteiger partial charge in [-0.05, 0) is 29.8 Å². The predicted molar refractivity (Wildman–Crippen MR) is 129 cm³/mol. The van der Waals surface area contributed by atoms with Crippen molar-refractivity contribution in [3.8, 4) is 11.3 Å². The largest absolute Gasteiger partial charge is 0.355 e. The minimum absolute atomic E-state index is 0. The van der Waals surface area contributed by atoms with E-state index < -0.39 is 10.0 Å². The zero-order valence-corrected chi connectivity index (χ0v) is 19.9. The molecule has 0 radical (unpaired) electrons. The van der Waals surface area contributed by atoms with E-state index in [0.29, 0.717) is 30.2 Å². The van der Waals surface area contributed by atoms with Gasteiger partial charge in [0, 0.05) is 72.0 Å². The van der Waals surface area contributed by atoms with Gasteiger partial charge in [-0.1, -0.05) is 23.7 Å². The van der Waals surface area contributed by atoms with Crippen molar-refractivity contribution in [1.29, 1.82) is 0 Å². The molecule has 0 spiro atoms. The van der Waals surface area contributed by atoms with E-state index in [1.807, 2.05) is 12.1 Å². The van der Waals surface area contributed by atoms with E-state index in [1.165, 1.54) is 16.1 Å². The van der Waals surface area contributed by atoms with E-state index in [9.17, 15) is 13.2 Å². The maximum atomic E-state index is 12.4. The van der Waals surface area contributed by atoms with Crippen LogP contribution in [-0.4, -0.2) is 60.9 Å². The number of aromatic nitrogens is 1. The Kier molecular flexibility index (Phi) is 6.26. The average Bonchev–Trinajstić information content (AvgIpc) is 3.32. The summed E-state index contributed by atoms with van der Waals surface area (Å²) in [5.41, 5.74) is 5.40. The SMILES string of the molecule is CS(=O)(=O)N1CCN(Cc2ccc3[nH]c(-c4ccc(Cl)c5c4C(=O)NC5)cc3c2)CC1.Cl. The molecule has 2 aliphatic heterocycles. The van der Waals surface area contributed by atoms with Gasteiger partial charge >= 0.3 is 0 Å². The Labute approximate surface area is 198 Å². The summed E-state index contributed by atoms with van der Waals surface area (Å²) in [6, 6.07) is 12.1. The van der Waals surface area contributed by atoms with Crippen LogP contribution in [0.5, 0.6) is 0 Å². The molecule has 1 amide bonds. The number of piperazine rings is 1. The highest BCUT2D eigenvalue weighted by Gasteiger charge is 2.26. The summed E-state index contributed by atoms with van der Waals surface area (Å²) < 4.78 is 24.9. The van der Waals surface area contributed by atoms with Gasteiger partial charge < -0.3 is 10.3 Å². The Morgan fingerprint density at radius 1 is 1.06 bits per heavy atom. The molecule has 3 heterocycles. The van der Waals surface area contributed by atoms with E-state index in [-0.39, 0.29) is 18.3 Å². The number of carbonyl (C=O) groups is 1. The normalized spacial score (nSPS) is 17.2. The molecule has 1 fully saturated rings. The fourth-order valence-corrected chi connectivity index (χ4v) is 5.49. The lowest BCUT2D eigenvalue weighted by atomic mass is 10.0. The summed E-state index contributed by atoms with van der Waals surface area (Å²) in [6.07, 6.45) is 1.26. The van der Waals surface area contributed by atoms with Gasteiger partial charge in [0.2, 0.25) is 10.0 Å².